The molecule has 190 valence electrons. The quantitative estimate of drug-likeness (QED) is 0.228. The second-order valence-corrected chi connectivity index (χ2v) is 8.46. The number of nitrogens with zero attached hydrogens (tertiary/aromatic N) is 2. The molecule has 0 fully saturated rings. The lowest BCUT2D eigenvalue weighted by Crippen LogP contribution is -2.21. The van der Waals surface area contributed by atoms with Gasteiger partial charge in [-0.25, -0.2) is 9.78 Å². The molecule has 1 amide bonds. The number of para-hydroxylation sites is 3. The lowest BCUT2D eigenvalue weighted by molar-refractivity contribution is -0.147. The van der Waals surface area contributed by atoms with Gasteiger partial charge in [-0.2, -0.15) is 0 Å². The van der Waals surface area contributed by atoms with Crippen LogP contribution in [0.1, 0.15) is 42.4 Å². The Kier molecular flexibility index (Phi) is 8.65. The molecule has 0 bridgehead atoms. The molecule has 3 aromatic carbocycles. The number of hydrogen-bond acceptors (Lipinski definition) is 6. The number of aromatic nitrogens is 2. The van der Waals surface area contributed by atoms with E-state index >= 15 is 0 Å². The van der Waals surface area contributed by atoms with E-state index in [-0.39, 0.29) is 6.42 Å². The predicted molar refractivity (Wildman–Crippen MR) is 141 cm³/mol. The van der Waals surface area contributed by atoms with Gasteiger partial charge in [0.05, 0.1) is 29.6 Å². The lowest BCUT2D eigenvalue weighted by atomic mass is 10.2. The van der Waals surface area contributed by atoms with Gasteiger partial charge in [0.1, 0.15) is 5.82 Å². The van der Waals surface area contributed by atoms with Gasteiger partial charge < -0.3 is 14.8 Å². The van der Waals surface area contributed by atoms with Crippen LogP contribution in [0.4, 0.5) is 5.69 Å². The minimum Gasteiger partial charge on any atom is -0.462 e. The van der Waals surface area contributed by atoms with Crippen molar-refractivity contribution in [3.8, 4) is 5.69 Å². The van der Waals surface area contributed by atoms with Crippen LogP contribution in [0, 0.1) is 0 Å². The first-order chi connectivity index (χ1) is 18.0. The van der Waals surface area contributed by atoms with E-state index in [0.29, 0.717) is 24.3 Å². The van der Waals surface area contributed by atoms with Crippen molar-refractivity contribution in [2.75, 3.05) is 18.5 Å². The van der Waals surface area contributed by atoms with E-state index in [0.717, 1.165) is 35.4 Å². The largest absolute Gasteiger partial charge is 0.462 e. The number of fused-ring (bicyclic) bond motifs is 1. The summed E-state index contributed by atoms with van der Waals surface area (Å²) < 4.78 is 12.4. The maximum atomic E-state index is 12.4. The molecule has 0 radical (unpaired) electrons. The van der Waals surface area contributed by atoms with E-state index < -0.39 is 24.5 Å². The zero-order valence-corrected chi connectivity index (χ0v) is 20.7. The number of hydrogen-bond donors (Lipinski definition) is 1. The number of imidazole rings is 1. The first kappa shape index (κ1) is 25.6. The molecular formula is C29H29N3O5. The number of rotatable bonds is 11. The van der Waals surface area contributed by atoms with Crippen molar-refractivity contribution in [1.82, 2.24) is 9.55 Å². The van der Waals surface area contributed by atoms with E-state index in [1.807, 2.05) is 66.1 Å². The zero-order valence-electron chi connectivity index (χ0n) is 20.7. The molecule has 37 heavy (non-hydrogen) atoms. The van der Waals surface area contributed by atoms with E-state index in [9.17, 15) is 14.4 Å². The van der Waals surface area contributed by atoms with Gasteiger partial charge in [0, 0.05) is 17.8 Å². The van der Waals surface area contributed by atoms with Crippen molar-refractivity contribution in [3.05, 3.63) is 90.3 Å². The minimum atomic E-state index is -0.494. The number of carbonyl (C=O) groups is 3. The lowest BCUT2D eigenvalue weighted by Gasteiger charge is -2.10. The number of carbonyl (C=O) groups excluding carboxylic acids is 3. The SMILES string of the molecule is CCCCOC(=O)c1ccc(NC(=O)COC(=O)CCc2nc3ccccc3n2-c2ccccc2)cc1. The summed E-state index contributed by atoms with van der Waals surface area (Å²) >= 11 is 0. The summed E-state index contributed by atoms with van der Waals surface area (Å²) in [6.45, 7) is 1.99. The Morgan fingerprint density at radius 3 is 2.38 bits per heavy atom. The Hall–Kier alpha value is -4.46. The Morgan fingerprint density at radius 1 is 0.892 bits per heavy atom. The molecule has 1 N–H and O–H groups in total. The first-order valence-electron chi connectivity index (χ1n) is 12.3. The average molecular weight is 500 g/mol. The molecular weight excluding hydrogens is 470 g/mol. The van der Waals surface area contributed by atoms with Gasteiger partial charge in [-0.3, -0.25) is 14.2 Å². The highest BCUT2D eigenvalue weighted by Crippen LogP contribution is 2.22. The molecule has 1 aromatic heterocycles. The van der Waals surface area contributed by atoms with Gasteiger partial charge in [-0.05, 0) is 55.0 Å². The number of unbranched alkanes of at least 4 members (excludes halogenated alkanes) is 1. The van der Waals surface area contributed by atoms with Crippen molar-refractivity contribution < 1.29 is 23.9 Å². The number of ether oxygens (including phenoxy) is 2. The van der Waals surface area contributed by atoms with Crippen LogP contribution in [-0.4, -0.2) is 40.6 Å². The molecule has 4 rings (SSSR count). The van der Waals surface area contributed by atoms with Crippen molar-refractivity contribution in [2.45, 2.75) is 32.6 Å². The van der Waals surface area contributed by atoms with Crippen molar-refractivity contribution in [1.29, 1.82) is 0 Å². The first-order valence-corrected chi connectivity index (χ1v) is 12.3. The average Bonchev–Trinajstić information content (AvgIpc) is 3.30. The number of aryl methyl sites for hydroxylation is 1. The van der Waals surface area contributed by atoms with Crippen LogP contribution < -0.4 is 5.32 Å². The number of anilines is 1. The topological polar surface area (TPSA) is 99.5 Å². The minimum absolute atomic E-state index is 0.0816. The number of esters is 2. The molecule has 0 aliphatic rings. The number of amides is 1. The normalized spacial score (nSPS) is 10.7. The van der Waals surface area contributed by atoms with Crippen molar-refractivity contribution in [2.24, 2.45) is 0 Å². The van der Waals surface area contributed by atoms with Crippen LogP contribution >= 0.6 is 0 Å². The monoisotopic (exact) mass is 499 g/mol. The van der Waals surface area contributed by atoms with Crippen molar-refractivity contribution in [3.63, 3.8) is 0 Å². The zero-order chi connectivity index (χ0) is 26.0. The summed E-state index contributed by atoms with van der Waals surface area (Å²) in [5.41, 5.74) is 3.65. The highest BCUT2D eigenvalue weighted by atomic mass is 16.5. The van der Waals surface area contributed by atoms with Crippen molar-refractivity contribution >= 4 is 34.6 Å². The van der Waals surface area contributed by atoms with Crippen LogP contribution in [0.2, 0.25) is 0 Å². The fourth-order valence-electron chi connectivity index (χ4n) is 3.82. The molecule has 0 saturated carbocycles. The highest BCUT2D eigenvalue weighted by molar-refractivity contribution is 5.94. The van der Waals surface area contributed by atoms with Gasteiger partial charge in [-0.15, -0.1) is 0 Å². The third kappa shape index (κ3) is 6.82. The van der Waals surface area contributed by atoms with Crippen LogP contribution in [0.15, 0.2) is 78.9 Å². The molecule has 0 aliphatic carbocycles. The van der Waals surface area contributed by atoms with Gasteiger partial charge in [0.2, 0.25) is 0 Å². The van der Waals surface area contributed by atoms with Gasteiger partial charge in [0.15, 0.2) is 6.61 Å². The van der Waals surface area contributed by atoms with Crippen LogP contribution in [0.3, 0.4) is 0 Å². The molecule has 8 nitrogen and oxygen atoms in total. The fraction of sp³-hybridized carbons (Fsp3) is 0.241. The summed E-state index contributed by atoms with van der Waals surface area (Å²) in [6.07, 6.45) is 2.20. The van der Waals surface area contributed by atoms with Crippen LogP contribution in [0.25, 0.3) is 16.7 Å². The van der Waals surface area contributed by atoms with Gasteiger partial charge in [-0.1, -0.05) is 43.7 Å². The summed E-state index contributed by atoms with van der Waals surface area (Å²) in [5, 5.41) is 2.65. The summed E-state index contributed by atoms with van der Waals surface area (Å²) in [7, 11) is 0. The van der Waals surface area contributed by atoms with E-state index in [1.54, 1.807) is 24.3 Å². The standard InChI is InChI=1S/C29H29N3O5/c1-2-3-19-36-29(35)21-13-15-22(16-14-21)30-27(33)20-37-28(34)18-17-26-31-24-11-7-8-12-25(24)32(26)23-9-5-4-6-10-23/h4-16H,2-3,17-20H2,1H3,(H,30,33). The Balaban J connectivity index is 1.28. The Bertz CT molecular complexity index is 1360. The van der Waals surface area contributed by atoms with Gasteiger partial charge >= 0.3 is 11.9 Å². The second kappa shape index (κ2) is 12.5. The molecule has 0 spiro atoms. The summed E-state index contributed by atoms with van der Waals surface area (Å²) in [5.74, 6) is -0.627. The van der Waals surface area contributed by atoms with E-state index in [1.165, 1.54) is 0 Å². The van der Waals surface area contributed by atoms with E-state index in [2.05, 4.69) is 5.32 Å². The third-order valence-corrected chi connectivity index (χ3v) is 5.70. The molecule has 8 heteroatoms. The smallest absolute Gasteiger partial charge is 0.338 e. The molecule has 4 aromatic rings. The molecule has 0 aliphatic heterocycles. The second-order valence-electron chi connectivity index (χ2n) is 8.46. The Labute approximate surface area is 215 Å². The molecule has 0 unspecified atom stereocenters. The fourth-order valence-corrected chi connectivity index (χ4v) is 3.82. The summed E-state index contributed by atoms with van der Waals surface area (Å²) in [6, 6.07) is 24.0. The maximum absolute atomic E-state index is 12.4. The Morgan fingerprint density at radius 2 is 1.62 bits per heavy atom. The third-order valence-electron chi connectivity index (χ3n) is 5.70. The van der Waals surface area contributed by atoms with Gasteiger partial charge in [0.25, 0.3) is 5.91 Å². The number of nitrogens with one attached hydrogen (secondary N) is 1. The van der Waals surface area contributed by atoms with Crippen LogP contribution in [0.5, 0.6) is 0 Å². The maximum Gasteiger partial charge on any atom is 0.338 e. The highest BCUT2D eigenvalue weighted by Gasteiger charge is 2.15. The molecule has 0 saturated heterocycles. The number of benzene rings is 3. The van der Waals surface area contributed by atoms with E-state index in [4.69, 9.17) is 14.5 Å². The summed E-state index contributed by atoms with van der Waals surface area (Å²) in [4.78, 5) is 41.3. The predicted octanol–water partition coefficient (Wildman–Crippen LogP) is 5.10. The molecule has 1 heterocycles. The molecule has 0 atom stereocenters. The van der Waals surface area contributed by atoms with Crippen LogP contribution in [-0.2, 0) is 25.5 Å².